The summed E-state index contributed by atoms with van der Waals surface area (Å²) in [6, 6.07) is 9.24. The molecule has 1 aromatic carbocycles. The van der Waals surface area contributed by atoms with Crippen LogP contribution in [0.25, 0.3) is 10.9 Å². The van der Waals surface area contributed by atoms with Gasteiger partial charge in [0, 0.05) is 25.2 Å². The van der Waals surface area contributed by atoms with Gasteiger partial charge in [-0.3, -0.25) is 14.6 Å². The van der Waals surface area contributed by atoms with Gasteiger partial charge in [-0.1, -0.05) is 18.2 Å². The highest BCUT2D eigenvalue weighted by molar-refractivity contribution is 6.05. The van der Waals surface area contributed by atoms with E-state index in [0.29, 0.717) is 24.2 Å². The normalized spacial score (nSPS) is 10.4. The molecule has 0 aliphatic heterocycles. The van der Waals surface area contributed by atoms with Crippen LogP contribution in [-0.4, -0.2) is 42.0 Å². The van der Waals surface area contributed by atoms with Crippen LogP contribution in [0, 0.1) is 0 Å². The summed E-state index contributed by atoms with van der Waals surface area (Å²) in [5, 5.41) is 0.919. The first-order valence-electron chi connectivity index (χ1n) is 6.88. The van der Waals surface area contributed by atoms with Crippen LogP contribution in [0.2, 0.25) is 0 Å². The van der Waals surface area contributed by atoms with Crippen molar-refractivity contribution in [2.24, 2.45) is 0 Å². The molecule has 0 unspecified atom stereocenters. The summed E-state index contributed by atoms with van der Waals surface area (Å²) >= 11 is 0. The van der Waals surface area contributed by atoms with Crippen LogP contribution >= 0.6 is 0 Å². The summed E-state index contributed by atoms with van der Waals surface area (Å²) < 4.78 is 4.86. The third-order valence-electron chi connectivity index (χ3n) is 3.17. The summed E-state index contributed by atoms with van der Waals surface area (Å²) in [6.07, 6.45) is 1.85. The second kappa shape index (κ2) is 6.83. The molecule has 0 fully saturated rings. The molecule has 5 heteroatoms. The van der Waals surface area contributed by atoms with E-state index in [2.05, 4.69) is 4.98 Å². The number of esters is 1. The molecule has 110 valence electrons. The molecule has 5 nitrogen and oxygen atoms in total. The fraction of sp³-hybridized carbons (Fsp3) is 0.312. The number of benzene rings is 1. The van der Waals surface area contributed by atoms with Crippen LogP contribution in [-0.2, 0) is 9.53 Å². The Bertz CT molecular complexity index is 650. The van der Waals surface area contributed by atoms with E-state index in [0.717, 1.165) is 5.39 Å². The predicted molar refractivity (Wildman–Crippen MR) is 80.0 cm³/mol. The van der Waals surface area contributed by atoms with Gasteiger partial charge in [0.2, 0.25) is 0 Å². The van der Waals surface area contributed by atoms with Crippen LogP contribution in [0.5, 0.6) is 0 Å². The van der Waals surface area contributed by atoms with Crippen molar-refractivity contribution in [2.75, 3.05) is 20.2 Å². The third kappa shape index (κ3) is 3.56. The summed E-state index contributed by atoms with van der Waals surface area (Å²) in [4.78, 5) is 29.6. The molecule has 0 saturated heterocycles. The third-order valence-corrected chi connectivity index (χ3v) is 3.17. The van der Waals surface area contributed by atoms with E-state index in [1.807, 2.05) is 24.3 Å². The number of fused-ring (bicyclic) bond motifs is 1. The maximum atomic E-state index is 12.5. The van der Waals surface area contributed by atoms with Crippen molar-refractivity contribution in [2.45, 2.75) is 13.3 Å². The van der Waals surface area contributed by atoms with Crippen LogP contribution in [0.4, 0.5) is 0 Å². The lowest BCUT2D eigenvalue weighted by Crippen LogP contribution is -2.29. The summed E-state index contributed by atoms with van der Waals surface area (Å²) in [5.41, 5.74) is 1.22. The molecule has 2 aromatic rings. The minimum atomic E-state index is -0.298. The molecule has 1 heterocycles. The zero-order valence-corrected chi connectivity index (χ0v) is 12.2. The summed E-state index contributed by atoms with van der Waals surface area (Å²) in [5.74, 6) is -0.447. The zero-order valence-electron chi connectivity index (χ0n) is 12.2. The van der Waals surface area contributed by atoms with E-state index in [-0.39, 0.29) is 18.3 Å². The van der Waals surface area contributed by atoms with Gasteiger partial charge < -0.3 is 9.64 Å². The highest BCUT2D eigenvalue weighted by atomic mass is 16.5. The Hall–Kier alpha value is -2.43. The van der Waals surface area contributed by atoms with Gasteiger partial charge in [-0.2, -0.15) is 0 Å². The van der Waals surface area contributed by atoms with Crippen molar-refractivity contribution in [1.82, 2.24) is 9.88 Å². The molecule has 1 aromatic heterocycles. The number of pyridine rings is 1. The van der Waals surface area contributed by atoms with Gasteiger partial charge in [0.25, 0.3) is 5.91 Å². The summed E-state index contributed by atoms with van der Waals surface area (Å²) in [7, 11) is 1.67. The van der Waals surface area contributed by atoms with Crippen molar-refractivity contribution in [1.29, 1.82) is 0 Å². The highest BCUT2D eigenvalue weighted by Gasteiger charge is 2.16. The Balaban J connectivity index is 2.13. The number of hydrogen-bond donors (Lipinski definition) is 0. The fourth-order valence-corrected chi connectivity index (χ4v) is 2.08. The van der Waals surface area contributed by atoms with Gasteiger partial charge in [-0.25, -0.2) is 0 Å². The van der Waals surface area contributed by atoms with Crippen molar-refractivity contribution in [3.05, 3.63) is 42.1 Å². The molecule has 21 heavy (non-hydrogen) atoms. The first-order valence-corrected chi connectivity index (χ1v) is 6.88. The van der Waals surface area contributed by atoms with Crippen LogP contribution in [0.1, 0.15) is 23.7 Å². The Kier molecular flexibility index (Phi) is 4.87. The molecule has 1 amide bonds. The predicted octanol–water partition coefficient (Wildman–Crippen LogP) is 2.26. The second-order valence-electron chi connectivity index (χ2n) is 4.66. The lowest BCUT2D eigenvalue weighted by Gasteiger charge is -2.17. The standard InChI is InChI=1S/C16H18N2O3/c1-3-21-14(19)9-11-18(2)16(20)13-8-4-6-12-7-5-10-17-15(12)13/h4-8,10H,3,9,11H2,1-2H3. The van der Waals surface area contributed by atoms with E-state index < -0.39 is 0 Å². The molecule has 2 rings (SSSR count). The van der Waals surface area contributed by atoms with Gasteiger partial charge in [-0.05, 0) is 19.1 Å². The van der Waals surface area contributed by atoms with E-state index >= 15 is 0 Å². The van der Waals surface area contributed by atoms with Crippen molar-refractivity contribution in [3.63, 3.8) is 0 Å². The van der Waals surface area contributed by atoms with Gasteiger partial charge >= 0.3 is 5.97 Å². The Labute approximate surface area is 123 Å². The summed E-state index contributed by atoms with van der Waals surface area (Å²) in [6.45, 7) is 2.43. The quantitative estimate of drug-likeness (QED) is 0.791. The minimum absolute atomic E-state index is 0.149. The molecular weight excluding hydrogens is 268 g/mol. The molecule has 0 spiro atoms. The minimum Gasteiger partial charge on any atom is -0.466 e. The van der Waals surface area contributed by atoms with Gasteiger partial charge in [-0.15, -0.1) is 0 Å². The molecular formula is C16H18N2O3. The Morgan fingerprint density at radius 1 is 1.24 bits per heavy atom. The van der Waals surface area contributed by atoms with Gasteiger partial charge in [0.05, 0.1) is 24.1 Å². The monoisotopic (exact) mass is 286 g/mol. The van der Waals surface area contributed by atoms with E-state index in [9.17, 15) is 9.59 Å². The number of rotatable bonds is 5. The lowest BCUT2D eigenvalue weighted by atomic mass is 10.1. The molecule has 0 bridgehead atoms. The maximum absolute atomic E-state index is 12.5. The Morgan fingerprint density at radius 2 is 2.00 bits per heavy atom. The first kappa shape index (κ1) is 15.0. The topological polar surface area (TPSA) is 59.5 Å². The highest BCUT2D eigenvalue weighted by Crippen LogP contribution is 2.17. The number of carbonyl (C=O) groups excluding carboxylic acids is 2. The maximum Gasteiger partial charge on any atom is 0.307 e. The van der Waals surface area contributed by atoms with E-state index in [4.69, 9.17) is 4.74 Å². The number of amides is 1. The second-order valence-corrected chi connectivity index (χ2v) is 4.66. The van der Waals surface area contributed by atoms with Crippen molar-refractivity contribution >= 4 is 22.8 Å². The number of para-hydroxylation sites is 1. The molecule has 0 radical (unpaired) electrons. The van der Waals surface area contributed by atoms with E-state index in [1.165, 1.54) is 4.90 Å². The van der Waals surface area contributed by atoms with Gasteiger partial charge in [0.15, 0.2) is 0 Å². The fourth-order valence-electron chi connectivity index (χ4n) is 2.08. The smallest absolute Gasteiger partial charge is 0.307 e. The first-order chi connectivity index (χ1) is 10.1. The van der Waals surface area contributed by atoms with Crippen molar-refractivity contribution in [3.8, 4) is 0 Å². The SMILES string of the molecule is CCOC(=O)CCN(C)C(=O)c1cccc2cccnc12. The average Bonchev–Trinajstić information content (AvgIpc) is 2.51. The van der Waals surface area contributed by atoms with Crippen molar-refractivity contribution < 1.29 is 14.3 Å². The Morgan fingerprint density at radius 3 is 2.76 bits per heavy atom. The zero-order chi connectivity index (χ0) is 15.2. The molecule has 0 saturated carbocycles. The van der Waals surface area contributed by atoms with Crippen LogP contribution in [0.15, 0.2) is 36.5 Å². The molecule has 0 atom stereocenters. The molecule has 0 aliphatic carbocycles. The number of ether oxygens (including phenoxy) is 1. The number of nitrogens with zero attached hydrogens (tertiary/aromatic N) is 2. The molecule has 0 aliphatic rings. The van der Waals surface area contributed by atoms with Crippen LogP contribution < -0.4 is 0 Å². The number of carbonyl (C=O) groups is 2. The lowest BCUT2D eigenvalue weighted by molar-refractivity contribution is -0.143. The largest absolute Gasteiger partial charge is 0.466 e. The number of hydrogen-bond acceptors (Lipinski definition) is 4. The van der Waals surface area contributed by atoms with E-state index in [1.54, 1.807) is 26.2 Å². The van der Waals surface area contributed by atoms with Crippen LogP contribution in [0.3, 0.4) is 0 Å². The molecule has 0 N–H and O–H groups in total. The van der Waals surface area contributed by atoms with Gasteiger partial charge in [0.1, 0.15) is 0 Å². The number of aromatic nitrogens is 1. The average molecular weight is 286 g/mol.